The van der Waals surface area contributed by atoms with Crippen LogP contribution in [0.2, 0.25) is 0 Å². The molecule has 1 heteroatoms. The normalized spacial score (nSPS) is 21.7. The van der Waals surface area contributed by atoms with Crippen LogP contribution in [0.25, 0.3) is 0 Å². The first kappa shape index (κ1) is 6.86. The van der Waals surface area contributed by atoms with Crippen LogP contribution in [-0.2, 0) is 6.54 Å². The maximum absolute atomic E-state index is 3.90. The van der Waals surface area contributed by atoms with Gasteiger partial charge in [0, 0.05) is 12.6 Å². The molecule has 0 aliphatic carbocycles. The van der Waals surface area contributed by atoms with Crippen molar-refractivity contribution in [3.63, 3.8) is 0 Å². The lowest BCUT2D eigenvalue weighted by atomic mass is 10.0. The number of nitrogens with one attached hydrogen (secondary N) is 1. The maximum Gasteiger partial charge on any atom is 0.0326 e. The van der Waals surface area contributed by atoms with E-state index in [1.165, 1.54) is 11.1 Å². The molecular formula is C10H12N. The van der Waals surface area contributed by atoms with E-state index < -0.39 is 0 Å². The molecule has 1 heterocycles. The monoisotopic (exact) mass is 146 g/mol. The molecule has 1 radical (unpaired) electrons. The van der Waals surface area contributed by atoms with Crippen molar-refractivity contribution in [2.75, 3.05) is 0 Å². The average Bonchev–Trinajstić information content (AvgIpc) is 2.47. The van der Waals surface area contributed by atoms with Gasteiger partial charge in [0.25, 0.3) is 0 Å². The summed E-state index contributed by atoms with van der Waals surface area (Å²) in [5, 5.41) is 3.41. The van der Waals surface area contributed by atoms with Crippen LogP contribution < -0.4 is 5.32 Å². The van der Waals surface area contributed by atoms with Crippen molar-refractivity contribution < 1.29 is 0 Å². The molecular weight excluding hydrogens is 134 g/mol. The number of hydrogen-bond donors (Lipinski definition) is 1. The van der Waals surface area contributed by atoms with E-state index in [4.69, 9.17) is 0 Å². The molecule has 1 nitrogen and oxygen atoms in total. The first-order valence-electron chi connectivity index (χ1n) is 4.02. The highest BCUT2D eigenvalue weighted by Crippen LogP contribution is 2.26. The van der Waals surface area contributed by atoms with E-state index in [1.54, 1.807) is 0 Å². The lowest BCUT2D eigenvalue weighted by molar-refractivity contribution is 0.589. The molecule has 0 amide bonds. The van der Waals surface area contributed by atoms with E-state index in [0.717, 1.165) is 13.0 Å². The predicted octanol–water partition coefficient (Wildman–Crippen LogP) is 2.06. The first-order valence-corrected chi connectivity index (χ1v) is 4.02. The van der Waals surface area contributed by atoms with Crippen molar-refractivity contribution in [1.29, 1.82) is 0 Å². The first-order chi connectivity index (χ1) is 5.42. The summed E-state index contributed by atoms with van der Waals surface area (Å²) < 4.78 is 0. The Bertz CT molecular complexity index is 255. The van der Waals surface area contributed by atoms with Gasteiger partial charge in [-0.2, -0.15) is 0 Å². The zero-order chi connectivity index (χ0) is 7.68. The van der Waals surface area contributed by atoms with Crippen molar-refractivity contribution >= 4 is 0 Å². The third kappa shape index (κ3) is 1.05. The molecule has 0 bridgehead atoms. The zero-order valence-electron chi connectivity index (χ0n) is 6.51. The molecule has 0 saturated carbocycles. The van der Waals surface area contributed by atoms with Crippen LogP contribution in [0.5, 0.6) is 0 Å². The summed E-state index contributed by atoms with van der Waals surface area (Å²) in [6, 6.07) is 9.04. The Hall–Kier alpha value is -0.820. The van der Waals surface area contributed by atoms with Crippen LogP contribution >= 0.6 is 0 Å². The Labute approximate surface area is 67.4 Å². The van der Waals surface area contributed by atoms with Gasteiger partial charge in [-0.1, -0.05) is 31.2 Å². The van der Waals surface area contributed by atoms with E-state index in [2.05, 4.69) is 36.5 Å². The fourth-order valence-electron chi connectivity index (χ4n) is 1.64. The van der Waals surface area contributed by atoms with Gasteiger partial charge in [-0.05, 0) is 17.5 Å². The Morgan fingerprint density at radius 3 is 3.09 bits per heavy atom. The highest BCUT2D eigenvalue weighted by atomic mass is 14.9. The third-order valence-corrected chi connectivity index (χ3v) is 2.26. The molecule has 1 aromatic rings. The summed E-state index contributed by atoms with van der Waals surface area (Å²) in [5.41, 5.74) is 2.86. The van der Waals surface area contributed by atoms with E-state index in [-0.39, 0.29) is 0 Å². The second-order valence-electron chi connectivity index (χ2n) is 2.92. The van der Waals surface area contributed by atoms with Crippen LogP contribution in [0.3, 0.4) is 0 Å². The molecule has 0 aromatic heterocycles. The molecule has 57 valence electrons. The largest absolute Gasteiger partial charge is 0.306 e. The molecule has 1 aliphatic rings. The van der Waals surface area contributed by atoms with Crippen molar-refractivity contribution in [1.82, 2.24) is 5.32 Å². The Kier molecular flexibility index (Phi) is 1.66. The summed E-state index contributed by atoms with van der Waals surface area (Å²) in [5.74, 6) is 0. The van der Waals surface area contributed by atoms with Gasteiger partial charge in [-0.25, -0.2) is 0 Å². The summed E-state index contributed by atoms with van der Waals surface area (Å²) in [6.45, 7) is 4.91. The van der Waals surface area contributed by atoms with Gasteiger partial charge in [0.2, 0.25) is 0 Å². The Morgan fingerprint density at radius 2 is 2.27 bits per heavy atom. The molecule has 1 N–H and O–H groups in total. The molecule has 0 fully saturated rings. The van der Waals surface area contributed by atoms with Gasteiger partial charge in [0.1, 0.15) is 0 Å². The molecule has 1 aromatic carbocycles. The van der Waals surface area contributed by atoms with Gasteiger partial charge >= 0.3 is 0 Å². The minimum atomic E-state index is 0.492. The van der Waals surface area contributed by atoms with Crippen LogP contribution in [0.4, 0.5) is 0 Å². The second kappa shape index (κ2) is 2.67. The Balaban J connectivity index is 2.39. The highest BCUT2D eigenvalue weighted by molar-refractivity contribution is 5.33. The standard InChI is InChI=1S/C10H12N/c1-2-10-9-6-4-3-5-8(9)7-11-10/h3-6,10-11H,1-2,7H2. The quantitative estimate of drug-likeness (QED) is 0.639. The van der Waals surface area contributed by atoms with Gasteiger partial charge in [0.15, 0.2) is 0 Å². The SMILES string of the molecule is [CH2]CC1NCc2ccccc21. The lowest BCUT2D eigenvalue weighted by Gasteiger charge is -2.06. The minimum Gasteiger partial charge on any atom is -0.306 e. The smallest absolute Gasteiger partial charge is 0.0326 e. The fourth-order valence-corrected chi connectivity index (χ4v) is 1.64. The van der Waals surface area contributed by atoms with Crippen LogP contribution in [0, 0.1) is 6.92 Å². The van der Waals surface area contributed by atoms with Gasteiger partial charge in [-0.3, -0.25) is 0 Å². The molecule has 1 aliphatic heterocycles. The van der Waals surface area contributed by atoms with Crippen LogP contribution in [-0.4, -0.2) is 0 Å². The third-order valence-electron chi connectivity index (χ3n) is 2.26. The summed E-state index contributed by atoms with van der Waals surface area (Å²) in [6.07, 6.45) is 0.941. The molecule has 0 spiro atoms. The van der Waals surface area contributed by atoms with E-state index in [1.807, 2.05) is 0 Å². The number of fused-ring (bicyclic) bond motifs is 1. The predicted molar refractivity (Wildman–Crippen MR) is 46.0 cm³/mol. The number of benzene rings is 1. The summed E-state index contributed by atoms with van der Waals surface area (Å²) in [4.78, 5) is 0. The average molecular weight is 146 g/mol. The van der Waals surface area contributed by atoms with Crippen molar-refractivity contribution in [2.24, 2.45) is 0 Å². The summed E-state index contributed by atoms with van der Waals surface area (Å²) >= 11 is 0. The summed E-state index contributed by atoms with van der Waals surface area (Å²) in [7, 11) is 0. The van der Waals surface area contributed by atoms with Crippen LogP contribution in [0.15, 0.2) is 24.3 Å². The lowest BCUT2D eigenvalue weighted by Crippen LogP contribution is -2.10. The van der Waals surface area contributed by atoms with E-state index in [0.29, 0.717) is 6.04 Å². The van der Waals surface area contributed by atoms with Gasteiger partial charge < -0.3 is 5.32 Å². The van der Waals surface area contributed by atoms with Crippen LogP contribution in [0.1, 0.15) is 23.6 Å². The molecule has 2 rings (SSSR count). The molecule has 0 saturated heterocycles. The number of hydrogen-bond acceptors (Lipinski definition) is 1. The second-order valence-corrected chi connectivity index (χ2v) is 2.92. The van der Waals surface area contributed by atoms with E-state index >= 15 is 0 Å². The van der Waals surface area contributed by atoms with Gasteiger partial charge in [-0.15, -0.1) is 0 Å². The van der Waals surface area contributed by atoms with E-state index in [9.17, 15) is 0 Å². The molecule has 1 unspecified atom stereocenters. The van der Waals surface area contributed by atoms with Gasteiger partial charge in [0.05, 0.1) is 0 Å². The minimum absolute atomic E-state index is 0.492. The molecule has 11 heavy (non-hydrogen) atoms. The fraction of sp³-hybridized carbons (Fsp3) is 0.300. The van der Waals surface area contributed by atoms with Crippen molar-refractivity contribution in [3.05, 3.63) is 42.3 Å². The topological polar surface area (TPSA) is 12.0 Å². The number of rotatable bonds is 1. The maximum atomic E-state index is 3.90. The zero-order valence-corrected chi connectivity index (χ0v) is 6.51. The highest BCUT2D eigenvalue weighted by Gasteiger charge is 2.18. The van der Waals surface area contributed by atoms with Crippen molar-refractivity contribution in [2.45, 2.75) is 19.0 Å². The molecule has 1 atom stereocenters. The Morgan fingerprint density at radius 1 is 1.45 bits per heavy atom. The van der Waals surface area contributed by atoms with Crippen molar-refractivity contribution in [3.8, 4) is 0 Å².